The fourth-order valence-corrected chi connectivity index (χ4v) is 1.47. The maximum absolute atomic E-state index is 11.3. The second-order valence-corrected chi connectivity index (χ2v) is 3.42. The van der Waals surface area contributed by atoms with Crippen LogP contribution < -0.4 is 0 Å². The lowest BCUT2D eigenvalue weighted by atomic mass is 10.2. The van der Waals surface area contributed by atoms with Gasteiger partial charge in [0.2, 0.25) is 5.91 Å². The minimum atomic E-state index is 0.000000000000000222. The maximum Gasteiger partial charge on any atom is 0.229 e. The molecule has 3 nitrogen and oxygen atoms in total. The molecule has 3 heteroatoms. The van der Waals surface area contributed by atoms with Gasteiger partial charge < -0.3 is 0 Å². The molecule has 1 amide bonds. The van der Waals surface area contributed by atoms with Crippen LogP contribution in [0.1, 0.15) is 19.8 Å². The zero-order chi connectivity index (χ0) is 9.42. The Hall–Kier alpha value is -1.38. The molecule has 1 heterocycles. The van der Waals surface area contributed by atoms with Crippen LogP contribution in [0.15, 0.2) is 29.5 Å². The quantitative estimate of drug-likeness (QED) is 0.598. The molecular weight excluding hydrogens is 164 g/mol. The van der Waals surface area contributed by atoms with Crippen LogP contribution in [0.2, 0.25) is 0 Å². The van der Waals surface area contributed by atoms with E-state index in [1.807, 2.05) is 0 Å². The first-order valence-electron chi connectivity index (χ1n) is 4.44. The van der Waals surface area contributed by atoms with Crippen molar-refractivity contribution >= 4 is 11.7 Å². The number of allylic oxidation sites excluding steroid dienone is 1. The van der Waals surface area contributed by atoms with E-state index in [9.17, 15) is 4.79 Å². The van der Waals surface area contributed by atoms with Crippen molar-refractivity contribution in [2.45, 2.75) is 19.8 Å². The number of rotatable bonds is 1. The average Bonchev–Trinajstić information content (AvgIpc) is 2.85. The number of aliphatic imine (C=N–C) groups is 1. The Bertz CT molecular complexity index is 324. The van der Waals surface area contributed by atoms with Crippen molar-refractivity contribution in [2.75, 3.05) is 0 Å². The van der Waals surface area contributed by atoms with Gasteiger partial charge in [0.15, 0.2) is 0 Å². The fourth-order valence-electron chi connectivity index (χ4n) is 1.47. The van der Waals surface area contributed by atoms with Gasteiger partial charge in [-0.2, -0.15) is 0 Å². The highest BCUT2D eigenvalue weighted by molar-refractivity contribution is 6.02. The van der Waals surface area contributed by atoms with Gasteiger partial charge in [0.1, 0.15) is 5.84 Å². The van der Waals surface area contributed by atoms with Gasteiger partial charge in [-0.3, -0.25) is 9.69 Å². The highest BCUT2D eigenvalue weighted by Crippen LogP contribution is 2.34. The minimum Gasteiger partial charge on any atom is -0.274 e. The number of nitrogens with zero attached hydrogens (tertiary/aromatic N) is 2. The van der Waals surface area contributed by atoms with Crippen LogP contribution in [0.5, 0.6) is 0 Å². The molecule has 0 N–H and O–H groups in total. The number of hydrogen-bond donors (Lipinski definition) is 0. The Balaban J connectivity index is 2.29. The topological polar surface area (TPSA) is 32.7 Å². The highest BCUT2D eigenvalue weighted by Gasteiger charge is 2.34. The molecule has 1 fully saturated rings. The van der Waals surface area contributed by atoms with Crippen LogP contribution in [0.25, 0.3) is 0 Å². The molecular formula is C10H12N2O. The maximum atomic E-state index is 11.3. The van der Waals surface area contributed by atoms with Crippen LogP contribution in [0, 0.1) is 5.92 Å². The van der Waals surface area contributed by atoms with E-state index in [2.05, 4.69) is 11.6 Å². The van der Waals surface area contributed by atoms with Gasteiger partial charge in [-0.25, -0.2) is 4.99 Å². The molecule has 2 aliphatic rings. The van der Waals surface area contributed by atoms with Crippen LogP contribution in [0.4, 0.5) is 0 Å². The molecule has 13 heavy (non-hydrogen) atoms. The van der Waals surface area contributed by atoms with Crippen molar-refractivity contribution in [3.05, 3.63) is 24.6 Å². The van der Waals surface area contributed by atoms with Crippen molar-refractivity contribution in [3.63, 3.8) is 0 Å². The first-order valence-corrected chi connectivity index (χ1v) is 4.44. The summed E-state index contributed by atoms with van der Waals surface area (Å²) in [5, 5.41) is 0. The number of carbonyl (C=O) groups is 1. The lowest BCUT2D eigenvalue weighted by Crippen LogP contribution is -2.36. The van der Waals surface area contributed by atoms with Crippen molar-refractivity contribution in [2.24, 2.45) is 10.9 Å². The van der Waals surface area contributed by atoms with Gasteiger partial charge in [0.05, 0.1) is 0 Å². The Morgan fingerprint density at radius 2 is 2.38 bits per heavy atom. The third-order valence-corrected chi connectivity index (χ3v) is 2.25. The second-order valence-electron chi connectivity index (χ2n) is 3.42. The van der Waals surface area contributed by atoms with E-state index in [4.69, 9.17) is 0 Å². The molecule has 0 bridgehead atoms. The Labute approximate surface area is 77.4 Å². The molecule has 0 saturated heterocycles. The molecule has 0 aromatic rings. The Morgan fingerprint density at radius 1 is 1.69 bits per heavy atom. The molecule has 0 aromatic heterocycles. The van der Waals surface area contributed by atoms with E-state index in [0.29, 0.717) is 5.92 Å². The minimum absolute atomic E-state index is 0.000000000000000222. The van der Waals surface area contributed by atoms with Crippen LogP contribution in [-0.4, -0.2) is 16.6 Å². The molecule has 0 spiro atoms. The zero-order valence-corrected chi connectivity index (χ0v) is 7.66. The smallest absolute Gasteiger partial charge is 0.229 e. The highest BCUT2D eigenvalue weighted by atomic mass is 16.2. The summed E-state index contributed by atoms with van der Waals surface area (Å²) >= 11 is 0. The van der Waals surface area contributed by atoms with Gasteiger partial charge >= 0.3 is 0 Å². The zero-order valence-electron chi connectivity index (χ0n) is 7.66. The van der Waals surface area contributed by atoms with Crippen molar-refractivity contribution in [1.29, 1.82) is 0 Å². The first kappa shape index (κ1) is 8.23. The van der Waals surface area contributed by atoms with Crippen LogP contribution in [-0.2, 0) is 4.79 Å². The predicted octanol–water partition coefficient (Wildman–Crippen LogP) is 1.68. The van der Waals surface area contributed by atoms with Crippen molar-refractivity contribution in [3.8, 4) is 0 Å². The third-order valence-electron chi connectivity index (χ3n) is 2.25. The molecule has 0 atom stereocenters. The summed E-state index contributed by atoms with van der Waals surface area (Å²) in [6.07, 6.45) is 5.76. The molecule has 1 saturated carbocycles. The van der Waals surface area contributed by atoms with Crippen molar-refractivity contribution in [1.82, 2.24) is 4.90 Å². The molecule has 68 valence electrons. The number of amides is 1. The Morgan fingerprint density at radius 3 is 2.92 bits per heavy atom. The SMILES string of the molecule is C=C1C=CN=C(C2CC2)N1C(C)=O. The summed E-state index contributed by atoms with van der Waals surface area (Å²) in [4.78, 5) is 17.1. The summed E-state index contributed by atoms with van der Waals surface area (Å²) in [6.45, 7) is 5.36. The van der Waals surface area contributed by atoms with E-state index in [-0.39, 0.29) is 5.91 Å². The Kier molecular flexibility index (Phi) is 1.79. The lowest BCUT2D eigenvalue weighted by molar-refractivity contribution is -0.123. The van der Waals surface area contributed by atoms with Gasteiger partial charge in [-0.15, -0.1) is 0 Å². The average molecular weight is 176 g/mol. The van der Waals surface area contributed by atoms with E-state index < -0.39 is 0 Å². The summed E-state index contributed by atoms with van der Waals surface area (Å²) in [6, 6.07) is 0. The van der Waals surface area contributed by atoms with E-state index in [1.54, 1.807) is 24.1 Å². The van der Waals surface area contributed by atoms with Crippen LogP contribution in [0.3, 0.4) is 0 Å². The number of carbonyl (C=O) groups excluding carboxylic acids is 1. The molecule has 0 aromatic carbocycles. The summed E-state index contributed by atoms with van der Waals surface area (Å²) in [5.41, 5.74) is 0.726. The predicted molar refractivity (Wildman–Crippen MR) is 51.0 cm³/mol. The van der Waals surface area contributed by atoms with Crippen LogP contribution >= 0.6 is 0 Å². The number of amidine groups is 1. The monoisotopic (exact) mass is 176 g/mol. The largest absolute Gasteiger partial charge is 0.274 e. The van der Waals surface area contributed by atoms with Gasteiger partial charge in [-0.1, -0.05) is 6.58 Å². The summed E-state index contributed by atoms with van der Waals surface area (Å²) < 4.78 is 0. The molecule has 1 aliphatic carbocycles. The van der Waals surface area contributed by atoms with E-state index in [0.717, 1.165) is 24.4 Å². The molecule has 2 rings (SSSR count). The standard InChI is InChI=1S/C10H12N2O/c1-7-5-6-11-10(9-3-4-9)12(7)8(2)13/h5-6,9H,1,3-4H2,2H3. The lowest BCUT2D eigenvalue weighted by Gasteiger charge is -2.25. The third kappa shape index (κ3) is 1.41. The normalized spacial score (nSPS) is 21.8. The van der Waals surface area contributed by atoms with Gasteiger partial charge in [0.25, 0.3) is 0 Å². The van der Waals surface area contributed by atoms with Crippen molar-refractivity contribution < 1.29 is 4.79 Å². The second kappa shape index (κ2) is 2.83. The fraction of sp³-hybridized carbons (Fsp3) is 0.400. The van der Waals surface area contributed by atoms with E-state index in [1.165, 1.54) is 0 Å². The first-order chi connectivity index (χ1) is 6.20. The number of hydrogen-bond acceptors (Lipinski definition) is 2. The summed E-state index contributed by atoms with van der Waals surface area (Å²) in [5.74, 6) is 1.35. The van der Waals surface area contributed by atoms with Gasteiger partial charge in [0, 0.05) is 24.7 Å². The molecule has 0 radical (unpaired) electrons. The summed E-state index contributed by atoms with van der Waals surface area (Å²) in [7, 11) is 0. The van der Waals surface area contributed by atoms with E-state index >= 15 is 0 Å². The van der Waals surface area contributed by atoms with Gasteiger partial charge in [-0.05, 0) is 18.9 Å². The molecule has 0 unspecified atom stereocenters. The molecule has 1 aliphatic heterocycles.